The molecule has 2 N–H and O–H groups in total. The molecule has 0 radical (unpaired) electrons. The minimum absolute atomic E-state index is 0.128. The number of carboxylic acids is 1. The molecule has 0 bridgehead atoms. The van der Waals surface area contributed by atoms with Gasteiger partial charge in [0.05, 0.1) is 12.1 Å². The van der Waals surface area contributed by atoms with E-state index in [0.717, 1.165) is 5.82 Å². The third-order valence-electron chi connectivity index (χ3n) is 2.24. The number of nitrogens with one attached hydrogen (secondary N) is 1. The summed E-state index contributed by atoms with van der Waals surface area (Å²) in [6.07, 6.45) is -0.128. The fraction of sp³-hybridized carbons (Fsp3) is 0.364. The summed E-state index contributed by atoms with van der Waals surface area (Å²) in [4.78, 5) is 14.9. The highest BCUT2D eigenvalue weighted by atomic mass is 79.9. The molecule has 18 heavy (non-hydrogen) atoms. The second-order valence-corrected chi connectivity index (χ2v) is 4.96. The molecule has 0 aliphatic heterocycles. The van der Waals surface area contributed by atoms with Crippen molar-refractivity contribution < 1.29 is 9.90 Å². The van der Waals surface area contributed by atoms with Crippen molar-refractivity contribution in [3.05, 3.63) is 22.4 Å². The Morgan fingerprint density at radius 1 is 1.56 bits per heavy atom. The van der Waals surface area contributed by atoms with Crippen LogP contribution in [0.5, 0.6) is 0 Å². The zero-order chi connectivity index (χ0) is 13.3. The highest BCUT2D eigenvalue weighted by Crippen LogP contribution is 2.19. The molecular weight excluding hydrogens is 300 g/mol. The van der Waals surface area contributed by atoms with Crippen LogP contribution in [0.25, 0.3) is 5.65 Å². The molecule has 0 saturated carbocycles. The molecule has 0 saturated heterocycles. The van der Waals surface area contributed by atoms with Crippen LogP contribution < -0.4 is 5.32 Å². The molecule has 96 valence electrons. The van der Waals surface area contributed by atoms with Crippen molar-refractivity contribution in [2.75, 3.05) is 5.32 Å². The van der Waals surface area contributed by atoms with Crippen LogP contribution in [-0.2, 0) is 11.2 Å². The highest BCUT2D eigenvalue weighted by Gasteiger charge is 2.14. The van der Waals surface area contributed by atoms with E-state index in [9.17, 15) is 4.79 Å². The number of nitrogens with zero attached hydrogens (tertiary/aromatic N) is 3. The Morgan fingerprint density at radius 3 is 2.89 bits per heavy atom. The summed E-state index contributed by atoms with van der Waals surface area (Å²) in [6.45, 7) is 4.04. The summed E-state index contributed by atoms with van der Waals surface area (Å²) in [5.41, 5.74) is 1.09. The molecule has 0 fully saturated rings. The van der Waals surface area contributed by atoms with Gasteiger partial charge in [-0.3, -0.25) is 4.79 Å². The number of halogens is 1. The topological polar surface area (TPSA) is 79.5 Å². The van der Waals surface area contributed by atoms with Crippen molar-refractivity contribution in [1.29, 1.82) is 0 Å². The van der Waals surface area contributed by atoms with Crippen LogP contribution in [0.1, 0.15) is 19.5 Å². The van der Waals surface area contributed by atoms with Gasteiger partial charge < -0.3 is 10.4 Å². The summed E-state index contributed by atoms with van der Waals surface area (Å²) < 4.78 is 2.16. The van der Waals surface area contributed by atoms with Crippen molar-refractivity contribution in [2.45, 2.75) is 26.3 Å². The lowest BCUT2D eigenvalue weighted by atomic mass is 10.3. The van der Waals surface area contributed by atoms with E-state index in [4.69, 9.17) is 5.11 Å². The predicted molar refractivity (Wildman–Crippen MR) is 70.8 cm³/mol. The van der Waals surface area contributed by atoms with Crippen LogP contribution >= 0.6 is 15.9 Å². The normalized spacial score (nSPS) is 11.1. The molecule has 2 aromatic rings. The third kappa shape index (κ3) is 2.61. The van der Waals surface area contributed by atoms with Crippen molar-refractivity contribution in [3.8, 4) is 0 Å². The van der Waals surface area contributed by atoms with E-state index >= 15 is 0 Å². The number of hydrogen-bond acceptors (Lipinski definition) is 4. The van der Waals surface area contributed by atoms with Gasteiger partial charge in [0, 0.05) is 6.04 Å². The summed E-state index contributed by atoms with van der Waals surface area (Å²) in [5.74, 6) is -0.197. The Labute approximate surface area is 112 Å². The van der Waals surface area contributed by atoms with Crippen LogP contribution in [-0.4, -0.2) is 31.7 Å². The van der Waals surface area contributed by atoms with Crippen LogP contribution in [0.15, 0.2) is 16.7 Å². The number of anilines is 1. The standard InChI is InChI=1S/C11H13BrN4O2/c1-6(2)13-8-3-4-9-14-7(5-10(17)18)11(12)16(9)15-8/h3-4,6H,5H2,1-2H3,(H,13,15)(H,17,18). The molecule has 0 spiro atoms. The lowest BCUT2D eigenvalue weighted by Crippen LogP contribution is -2.12. The van der Waals surface area contributed by atoms with Crippen molar-refractivity contribution in [3.63, 3.8) is 0 Å². The van der Waals surface area contributed by atoms with Gasteiger partial charge >= 0.3 is 5.97 Å². The Kier molecular flexibility index (Phi) is 3.51. The number of aromatic nitrogens is 3. The smallest absolute Gasteiger partial charge is 0.309 e. The number of imidazole rings is 1. The van der Waals surface area contributed by atoms with E-state index < -0.39 is 5.97 Å². The Balaban J connectivity index is 2.43. The van der Waals surface area contributed by atoms with E-state index in [1.54, 1.807) is 10.6 Å². The number of carbonyl (C=O) groups is 1. The van der Waals surface area contributed by atoms with Gasteiger partial charge in [0.25, 0.3) is 0 Å². The Hall–Kier alpha value is -1.63. The predicted octanol–water partition coefficient (Wildman–Crippen LogP) is 1.94. The second kappa shape index (κ2) is 4.93. The second-order valence-electron chi connectivity index (χ2n) is 4.21. The molecule has 0 unspecified atom stereocenters. The average Bonchev–Trinajstić information content (AvgIpc) is 2.55. The number of fused-ring (bicyclic) bond motifs is 1. The van der Waals surface area contributed by atoms with Gasteiger partial charge in [-0.05, 0) is 41.9 Å². The van der Waals surface area contributed by atoms with E-state index in [0.29, 0.717) is 15.9 Å². The quantitative estimate of drug-likeness (QED) is 0.902. The zero-order valence-corrected chi connectivity index (χ0v) is 11.6. The molecule has 0 aliphatic rings. The molecule has 2 aromatic heterocycles. The maximum absolute atomic E-state index is 10.7. The Morgan fingerprint density at radius 2 is 2.28 bits per heavy atom. The minimum atomic E-state index is -0.917. The van der Waals surface area contributed by atoms with E-state index in [-0.39, 0.29) is 12.5 Å². The third-order valence-corrected chi connectivity index (χ3v) is 3.04. The first-order chi connectivity index (χ1) is 8.47. The minimum Gasteiger partial charge on any atom is -0.481 e. The first-order valence-electron chi connectivity index (χ1n) is 5.50. The fourth-order valence-electron chi connectivity index (χ4n) is 1.58. The maximum atomic E-state index is 10.7. The largest absolute Gasteiger partial charge is 0.481 e. The zero-order valence-electron chi connectivity index (χ0n) is 10.0. The van der Waals surface area contributed by atoms with E-state index in [1.165, 1.54) is 0 Å². The number of rotatable bonds is 4. The van der Waals surface area contributed by atoms with Crippen LogP contribution in [0, 0.1) is 0 Å². The molecular formula is C11H13BrN4O2. The van der Waals surface area contributed by atoms with E-state index in [2.05, 4.69) is 31.3 Å². The molecule has 0 aromatic carbocycles. The molecule has 7 heteroatoms. The SMILES string of the molecule is CC(C)Nc1ccc2nc(CC(=O)O)c(Br)n2n1. The van der Waals surface area contributed by atoms with Gasteiger partial charge in [0.15, 0.2) is 5.65 Å². The molecule has 2 rings (SSSR count). The monoisotopic (exact) mass is 312 g/mol. The average molecular weight is 313 g/mol. The van der Waals surface area contributed by atoms with Crippen LogP contribution in [0.4, 0.5) is 5.82 Å². The molecule has 6 nitrogen and oxygen atoms in total. The molecule has 2 heterocycles. The molecule has 0 atom stereocenters. The summed E-state index contributed by atoms with van der Waals surface area (Å²) >= 11 is 3.33. The Bertz CT molecular complexity index is 594. The van der Waals surface area contributed by atoms with E-state index in [1.807, 2.05) is 19.9 Å². The number of hydrogen-bond donors (Lipinski definition) is 2. The number of aliphatic carboxylic acids is 1. The van der Waals surface area contributed by atoms with Gasteiger partial charge in [-0.15, -0.1) is 5.10 Å². The van der Waals surface area contributed by atoms with Gasteiger partial charge in [0.1, 0.15) is 10.4 Å². The van der Waals surface area contributed by atoms with Gasteiger partial charge in [0.2, 0.25) is 0 Å². The highest BCUT2D eigenvalue weighted by molar-refractivity contribution is 9.10. The number of carboxylic acid groups (broad SMARTS) is 1. The van der Waals surface area contributed by atoms with Crippen LogP contribution in [0.2, 0.25) is 0 Å². The lowest BCUT2D eigenvalue weighted by Gasteiger charge is -2.08. The van der Waals surface area contributed by atoms with Crippen molar-refractivity contribution >= 4 is 33.4 Å². The van der Waals surface area contributed by atoms with Gasteiger partial charge in [-0.25, -0.2) is 9.50 Å². The first-order valence-corrected chi connectivity index (χ1v) is 6.29. The van der Waals surface area contributed by atoms with Crippen molar-refractivity contribution in [2.24, 2.45) is 0 Å². The van der Waals surface area contributed by atoms with Crippen molar-refractivity contribution in [1.82, 2.24) is 14.6 Å². The summed E-state index contributed by atoms with van der Waals surface area (Å²) in [7, 11) is 0. The summed E-state index contributed by atoms with van der Waals surface area (Å²) in [5, 5.41) is 16.3. The molecule has 0 aliphatic carbocycles. The van der Waals surface area contributed by atoms with Gasteiger partial charge in [-0.2, -0.15) is 0 Å². The fourth-order valence-corrected chi connectivity index (χ4v) is 2.07. The first kappa shape index (κ1) is 12.8. The summed E-state index contributed by atoms with van der Waals surface area (Å²) in [6, 6.07) is 3.89. The molecule has 0 amide bonds. The maximum Gasteiger partial charge on any atom is 0.309 e. The van der Waals surface area contributed by atoms with Crippen LogP contribution in [0.3, 0.4) is 0 Å². The lowest BCUT2D eigenvalue weighted by molar-refractivity contribution is -0.136. The van der Waals surface area contributed by atoms with Gasteiger partial charge in [-0.1, -0.05) is 0 Å².